The van der Waals surface area contributed by atoms with E-state index in [1.807, 2.05) is 13.8 Å². The zero-order chi connectivity index (χ0) is 13.9. The second-order valence-corrected chi connectivity index (χ2v) is 4.40. The van der Waals surface area contributed by atoms with Crippen molar-refractivity contribution in [1.29, 1.82) is 0 Å². The summed E-state index contributed by atoms with van der Waals surface area (Å²) in [6.07, 6.45) is -3.66. The maximum absolute atomic E-state index is 12.3. The summed E-state index contributed by atoms with van der Waals surface area (Å²) < 4.78 is 37.5. The molecule has 0 spiro atoms. The third-order valence-corrected chi connectivity index (χ3v) is 2.33. The third kappa shape index (κ3) is 4.01. The van der Waals surface area contributed by atoms with Crippen LogP contribution in [-0.2, 0) is 13.0 Å². The minimum atomic E-state index is -4.45. The first-order valence-corrected chi connectivity index (χ1v) is 5.43. The molecule has 1 heterocycles. The van der Waals surface area contributed by atoms with Gasteiger partial charge in [0.1, 0.15) is 6.54 Å². The molecule has 0 bridgehead atoms. The lowest BCUT2D eigenvalue weighted by atomic mass is 10.1. The first-order valence-electron chi connectivity index (χ1n) is 5.43. The number of hydrogen-bond donors (Lipinski definition) is 1. The van der Waals surface area contributed by atoms with Gasteiger partial charge in [0.05, 0.1) is 5.69 Å². The Hall–Kier alpha value is -1.60. The van der Waals surface area contributed by atoms with Crippen LogP contribution >= 0.6 is 0 Å². The van der Waals surface area contributed by atoms with Crippen LogP contribution in [0.15, 0.2) is 0 Å². The predicted octanol–water partition coefficient (Wildman–Crippen LogP) is 2.13. The molecule has 8 heteroatoms. The molecule has 0 unspecified atom stereocenters. The summed E-state index contributed by atoms with van der Waals surface area (Å²) in [7, 11) is 0. The van der Waals surface area contributed by atoms with Crippen LogP contribution in [0.1, 0.15) is 36.5 Å². The van der Waals surface area contributed by atoms with Crippen LogP contribution < -0.4 is 0 Å². The van der Waals surface area contributed by atoms with Crippen molar-refractivity contribution in [2.24, 2.45) is 5.92 Å². The molecule has 1 aromatic heterocycles. The van der Waals surface area contributed by atoms with Crippen molar-refractivity contribution in [2.45, 2.75) is 39.4 Å². The lowest BCUT2D eigenvalue weighted by Gasteiger charge is -2.10. The molecular weight excluding hydrogens is 251 g/mol. The van der Waals surface area contributed by atoms with Gasteiger partial charge in [0.25, 0.3) is 0 Å². The number of carboxylic acid groups (broad SMARTS) is 1. The largest absolute Gasteiger partial charge is 0.476 e. The smallest absolute Gasteiger partial charge is 0.408 e. The summed E-state index contributed by atoms with van der Waals surface area (Å²) in [5.41, 5.74) is -0.381. The average Bonchev–Trinajstić information content (AvgIpc) is 2.55. The fraction of sp³-hybridized carbons (Fsp3) is 0.700. The van der Waals surface area contributed by atoms with Crippen molar-refractivity contribution in [3.05, 3.63) is 11.4 Å². The zero-order valence-electron chi connectivity index (χ0n) is 10.0. The Balaban J connectivity index is 2.99. The molecule has 0 fully saturated rings. The highest BCUT2D eigenvalue weighted by molar-refractivity contribution is 5.86. The topological polar surface area (TPSA) is 68.0 Å². The number of carboxylic acids is 1. The standard InChI is InChI=1S/C10H14F3N3O2/c1-6(2)3-4-7-8(9(17)18)14-15-16(7)5-10(11,12)13/h6H,3-5H2,1-2H3,(H,17,18). The highest BCUT2D eigenvalue weighted by atomic mass is 19.4. The van der Waals surface area contributed by atoms with E-state index < -0.39 is 24.4 Å². The second-order valence-electron chi connectivity index (χ2n) is 4.40. The number of rotatable bonds is 5. The van der Waals surface area contributed by atoms with Crippen molar-refractivity contribution in [2.75, 3.05) is 0 Å². The SMILES string of the molecule is CC(C)CCc1c(C(=O)O)nnn1CC(F)(F)F. The van der Waals surface area contributed by atoms with Crippen LogP contribution in [0.25, 0.3) is 0 Å². The lowest BCUT2D eigenvalue weighted by Crippen LogP contribution is -2.21. The molecule has 0 radical (unpaired) electrons. The minimum absolute atomic E-state index is 0.0218. The van der Waals surface area contributed by atoms with Gasteiger partial charge in [-0.05, 0) is 18.8 Å². The Kier molecular flexibility index (Phi) is 4.31. The molecule has 5 nitrogen and oxygen atoms in total. The van der Waals surface area contributed by atoms with E-state index in [9.17, 15) is 18.0 Å². The summed E-state index contributed by atoms with van der Waals surface area (Å²) in [4.78, 5) is 10.8. The van der Waals surface area contributed by atoms with Gasteiger partial charge in [0, 0.05) is 0 Å². The summed E-state index contributed by atoms with van der Waals surface area (Å²) >= 11 is 0. The number of alkyl halides is 3. The summed E-state index contributed by atoms with van der Waals surface area (Å²) in [5, 5.41) is 15.4. The summed E-state index contributed by atoms with van der Waals surface area (Å²) in [6, 6.07) is 0. The number of carbonyl (C=O) groups is 1. The molecule has 0 aliphatic heterocycles. The maximum atomic E-state index is 12.3. The quantitative estimate of drug-likeness (QED) is 0.885. The Labute approximate surface area is 102 Å². The molecular formula is C10H14F3N3O2. The van der Waals surface area contributed by atoms with Crippen molar-refractivity contribution in [3.8, 4) is 0 Å². The van der Waals surface area contributed by atoms with Gasteiger partial charge in [-0.15, -0.1) is 5.10 Å². The van der Waals surface area contributed by atoms with E-state index in [1.165, 1.54) is 0 Å². The van der Waals surface area contributed by atoms with E-state index in [0.717, 1.165) is 0 Å². The first-order chi connectivity index (χ1) is 8.20. The van der Waals surface area contributed by atoms with Crippen LogP contribution in [0, 0.1) is 5.92 Å². The predicted molar refractivity (Wildman–Crippen MR) is 56.2 cm³/mol. The average molecular weight is 265 g/mol. The number of halogens is 3. The van der Waals surface area contributed by atoms with Gasteiger partial charge >= 0.3 is 12.1 Å². The van der Waals surface area contributed by atoms with Crippen LogP contribution in [0.2, 0.25) is 0 Å². The fourth-order valence-electron chi connectivity index (χ4n) is 1.47. The maximum Gasteiger partial charge on any atom is 0.408 e. The number of aromatic carboxylic acids is 1. The Morgan fingerprint density at radius 3 is 2.50 bits per heavy atom. The summed E-state index contributed by atoms with van der Waals surface area (Å²) in [5.74, 6) is -1.11. The van der Waals surface area contributed by atoms with E-state index in [2.05, 4.69) is 10.3 Å². The van der Waals surface area contributed by atoms with Crippen LogP contribution in [-0.4, -0.2) is 32.2 Å². The Bertz CT molecular complexity index is 426. The zero-order valence-corrected chi connectivity index (χ0v) is 10.0. The molecule has 0 aromatic carbocycles. The highest BCUT2D eigenvalue weighted by Crippen LogP contribution is 2.20. The van der Waals surface area contributed by atoms with Crippen molar-refractivity contribution >= 4 is 5.97 Å². The number of nitrogens with zero attached hydrogens (tertiary/aromatic N) is 3. The molecule has 18 heavy (non-hydrogen) atoms. The number of hydrogen-bond acceptors (Lipinski definition) is 3. The van der Waals surface area contributed by atoms with E-state index in [1.54, 1.807) is 0 Å². The van der Waals surface area contributed by atoms with E-state index >= 15 is 0 Å². The van der Waals surface area contributed by atoms with Gasteiger partial charge in [-0.1, -0.05) is 19.1 Å². The van der Waals surface area contributed by atoms with Gasteiger partial charge in [0.2, 0.25) is 0 Å². The first kappa shape index (κ1) is 14.5. The highest BCUT2D eigenvalue weighted by Gasteiger charge is 2.31. The molecule has 0 atom stereocenters. The van der Waals surface area contributed by atoms with Crippen molar-refractivity contribution < 1.29 is 23.1 Å². The molecule has 0 aliphatic carbocycles. The van der Waals surface area contributed by atoms with Crippen LogP contribution in [0.5, 0.6) is 0 Å². The molecule has 1 aromatic rings. The molecule has 0 amide bonds. The van der Waals surface area contributed by atoms with Crippen molar-refractivity contribution in [3.63, 3.8) is 0 Å². The van der Waals surface area contributed by atoms with Crippen LogP contribution in [0.4, 0.5) is 13.2 Å². The lowest BCUT2D eigenvalue weighted by molar-refractivity contribution is -0.143. The van der Waals surface area contributed by atoms with Crippen LogP contribution in [0.3, 0.4) is 0 Å². The van der Waals surface area contributed by atoms with E-state index in [0.29, 0.717) is 11.1 Å². The Morgan fingerprint density at radius 1 is 1.44 bits per heavy atom. The monoisotopic (exact) mass is 265 g/mol. The molecule has 1 N–H and O–H groups in total. The second kappa shape index (κ2) is 5.36. The van der Waals surface area contributed by atoms with Gasteiger partial charge in [0.15, 0.2) is 5.69 Å². The molecule has 0 saturated carbocycles. The van der Waals surface area contributed by atoms with Gasteiger partial charge in [-0.25, -0.2) is 9.48 Å². The molecule has 102 valence electrons. The van der Waals surface area contributed by atoms with Gasteiger partial charge in [-0.2, -0.15) is 13.2 Å². The summed E-state index contributed by atoms with van der Waals surface area (Å²) in [6.45, 7) is 2.48. The third-order valence-electron chi connectivity index (χ3n) is 2.33. The molecule has 1 rings (SSSR count). The Morgan fingerprint density at radius 2 is 2.06 bits per heavy atom. The normalized spacial score (nSPS) is 12.1. The van der Waals surface area contributed by atoms with Gasteiger partial charge in [-0.3, -0.25) is 0 Å². The van der Waals surface area contributed by atoms with E-state index in [-0.39, 0.29) is 18.0 Å². The minimum Gasteiger partial charge on any atom is -0.476 e. The van der Waals surface area contributed by atoms with E-state index in [4.69, 9.17) is 5.11 Å². The van der Waals surface area contributed by atoms with Crippen molar-refractivity contribution in [1.82, 2.24) is 15.0 Å². The molecule has 0 saturated heterocycles. The number of aromatic nitrogens is 3. The van der Waals surface area contributed by atoms with Gasteiger partial charge < -0.3 is 5.11 Å². The fourth-order valence-corrected chi connectivity index (χ4v) is 1.47. The molecule has 0 aliphatic rings.